The Morgan fingerprint density at radius 3 is 2.63 bits per heavy atom. The molecule has 0 unspecified atom stereocenters. The van der Waals surface area contributed by atoms with Gasteiger partial charge >= 0.3 is 0 Å². The molecule has 152 valence electrons. The van der Waals surface area contributed by atoms with E-state index in [0.717, 1.165) is 24.3 Å². The molecule has 0 bridgehead atoms. The van der Waals surface area contributed by atoms with Crippen LogP contribution in [0, 0.1) is 5.92 Å². The molecule has 1 aromatic heterocycles. The van der Waals surface area contributed by atoms with Crippen LogP contribution in [0.15, 0.2) is 12.4 Å². The summed E-state index contributed by atoms with van der Waals surface area (Å²) in [4.78, 5) is 16.0. The highest BCUT2D eigenvalue weighted by Gasteiger charge is 2.29. The summed E-state index contributed by atoms with van der Waals surface area (Å²) in [6.07, 6.45) is 16.6. The number of nitrogens with zero attached hydrogens (tertiary/aromatic N) is 4. The largest absolute Gasteiger partial charge is 0.348 e. The van der Waals surface area contributed by atoms with E-state index in [-0.39, 0.29) is 0 Å². The molecule has 1 N–H and O–H groups in total. The van der Waals surface area contributed by atoms with Gasteiger partial charge in [0.15, 0.2) is 0 Å². The highest BCUT2D eigenvalue weighted by Crippen LogP contribution is 2.28. The van der Waals surface area contributed by atoms with Crippen molar-refractivity contribution in [3.63, 3.8) is 0 Å². The quantitative estimate of drug-likeness (QED) is 0.758. The van der Waals surface area contributed by atoms with Crippen LogP contribution in [0.4, 0.5) is 0 Å². The van der Waals surface area contributed by atoms with Crippen LogP contribution in [-0.4, -0.2) is 76.5 Å². The number of rotatable bonds is 8. The summed E-state index contributed by atoms with van der Waals surface area (Å²) in [5.41, 5.74) is 0. The highest BCUT2D eigenvalue weighted by atomic mass is 15.2. The molecule has 27 heavy (non-hydrogen) atoms. The van der Waals surface area contributed by atoms with Crippen molar-refractivity contribution < 1.29 is 0 Å². The minimum atomic E-state index is 0.829. The van der Waals surface area contributed by atoms with Gasteiger partial charge in [0.1, 0.15) is 5.82 Å². The van der Waals surface area contributed by atoms with Gasteiger partial charge in [0, 0.05) is 44.6 Å². The minimum absolute atomic E-state index is 0.829. The number of nitrogens with one attached hydrogen (secondary N) is 1. The van der Waals surface area contributed by atoms with E-state index in [9.17, 15) is 0 Å². The number of H-pyrrole nitrogens is 1. The lowest BCUT2D eigenvalue weighted by Crippen LogP contribution is -2.46. The molecule has 5 heteroatoms. The topological polar surface area (TPSA) is 38.4 Å². The van der Waals surface area contributed by atoms with Crippen molar-refractivity contribution in [2.45, 2.75) is 70.4 Å². The zero-order valence-electron chi connectivity index (χ0n) is 17.1. The summed E-state index contributed by atoms with van der Waals surface area (Å²) in [6, 6.07) is 0.889. The second kappa shape index (κ2) is 10.0. The van der Waals surface area contributed by atoms with Gasteiger partial charge in [-0.05, 0) is 64.1 Å². The maximum absolute atomic E-state index is 4.50. The average molecular weight is 374 g/mol. The Bertz CT molecular complexity index is 519. The lowest BCUT2D eigenvalue weighted by atomic mass is 9.95. The van der Waals surface area contributed by atoms with Crippen molar-refractivity contribution >= 4 is 0 Å². The van der Waals surface area contributed by atoms with E-state index in [1.165, 1.54) is 104 Å². The summed E-state index contributed by atoms with van der Waals surface area (Å²) < 4.78 is 0. The van der Waals surface area contributed by atoms with Crippen LogP contribution in [0.3, 0.4) is 0 Å². The molecule has 1 saturated carbocycles. The second-order valence-corrected chi connectivity index (χ2v) is 9.11. The molecule has 3 aliphatic rings. The Morgan fingerprint density at radius 1 is 1.00 bits per heavy atom. The minimum Gasteiger partial charge on any atom is -0.348 e. The Kier molecular flexibility index (Phi) is 7.21. The summed E-state index contributed by atoms with van der Waals surface area (Å²) >= 11 is 0. The predicted octanol–water partition coefficient (Wildman–Crippen LogP) is 3.35. The number of likely N-dealkylation sites (tertiary alicyclic amines) is 2. The number of hydrogen-bond donors (Lipinski definition) is 1. The second-order valence-electron chi connectivity index (χ2n) is 9.11. The molecule has 3 heterocycles. The Hall–Kier alpha value is -0.910. The third-order valence-electron chi connectivity index (χ3n) is 7.02. The van der Waals surface area contributed by atoms with Crippen LogP contribution in [0.25, 0.3) is 0 Å². The van der Waals surface area contributed by atoms with E-state index in [0.29, 0.717) is 0 Å². The van der Waals surface area contributed by atoms with E-state index in [1.54, 1.807) is 0 Å². The SMILES string of the molecule is c1c[nH]c(CN(CCN2CCCCC2)C[C@@H]2CCCN(C3CCCC3)C2)n1. The zero-order chi connectivity index (χ0) is 18.3. The van der Waals surface area contributed by atoms with Gasteiger partial charge in [0.2, 0.25) is 0 Å². The van der Waals surface area contributed by atoms with Crippen LogP contribution < -0.4 is 0 Å². The molecule has 2 aliphatic heterocycles. The van der Waals surface area contributed by atoms with Gasteiger partial charge in [-0.1, -0.05) is 19.3 Å². The van der Waals surface area contributed by atoms with Crippen LogP contribution in [-0.2, 0) is 6.54 Å². The first kappa shape index (κ1) is 19.4. The predicted molar refractivity (Wildman–Crippen MR) is 111 cm³/mol. The fourth-order valence-electron chi connectivity index (χ4n) is 5.51. The van der Waals surface area contributed by atoms with Crippen LogP contribution >= 0.6 is 0 Å². The monoisotopic (exact) mass is 373 g/mol. The van der Waals surface area contributed by atoms with Crippen molar-refractivity contribution in [1.82, 2.24) is 24.7 Å². The zero-order valence-corrected chi connectivity index (χ0v) is 17.1. The standard InChI is InChI=1S/C22H39N5/c1-4-12-25(13-5-1)15-16-26(19-22-23-10-11-24-22)17-20-7-6-14-27(18-20)21-8-2-3-9-21/h10-11,20-21H,1-9,12-19H2,(H,23,24)/t20-/m0/s1. The molecule has 5 nitrogen and oxygen atoms in total. The molecule has 0 radical (unpaired) electrons. The van der Waals surface area contributed by atoms with Gasteiger partial charge in [-0.15, -0.1) is 0 Å². The number of imidazole rings is 1. The molecule has 4 rings (SSSR count). The normalized spacial score (nSPS) is 26.2. The van der Waals surface area contributed by atoms with E-state index in [2.05, 4.69) is 24.7 Å². The Balaban J connectivity index is 1.31. The smallest absolute Gasteiger partial charge is 0.120 e. The van der Waals surface area contributed by atoms with Crippen molar-refractivity contribution in [2.75, 3.05) is 45.8 Å². The molecule has 3 fully saturated rings. The van der Waals surface area contributed by atoms with E-state index >= 15 is 0 Å². The number of hydrogen-bond acceptors (Lipinski definition) is 4. The maximum Gasteiger partial charge on any atom is 0.120 e. The first-order chi connectivity index (χ1) is 13.4. The third-order valence-corrected chi connectivity index (χ3v) is 7.02. The number of piperidine rings is 2. The fourth-order valence-corrected chi connectivity index (χ4v) is 5.51. The molecular formula is C22H39N5. The first-order valence-electron chi connectivity index (χ1n) is 11.5. The molecule has 1 atom stereocenters. The van der Waals surface area contributed by atoms with Crippen molar-refractivity contribution in [3.8, 4) is 0 Å². The summed E-state index contributed by atoms with van der Waals surface area (Å²) in [5.74, 6) is 1.95. The molecule has 2 saturated heterocycles. The van der Waals surface area contributed by atoms with Crippen molar-refractivity contribution in [2.24, 2.45) is 5.92 Å². The molecule has 1 aliphatic carbocycles. The summed E-state index contributed by atoms with van der Waals surface area (Å²) in [7, 11) is 0. The lowest BCUT2D eigenvalue weighted by Gasteiger charge is -2.39. The molecule has 0 spiro atoms. The van der Waals surface area contributed by atoms with Gasteiger partial charge in [-0.2, -0.15) is 0 Å². The third kappa shape index (κ3) is 5.78. The van der Waals surface area contributed by atoms with Gasteiger partial charge in [-0.25, -0.2) is 4.98 Å². The summed E-state index contributed by atoms with van der Waals surface area (Å²) in [5, 5.41) is 0. The van der Waals surface area contributed by atoms with Gasteiger partial charge in [-0.3, -0.25) is 4.90 Å². The van der Waals surface area contributed by atoms with Crippen molar-refractivity contribution in [3.05, 3.63) is 18.2 Å². The van der Waals surface area contributed by atoms with Crippen LogP contribution in [0.1, 0.15) is 63.6 Å². The van der Waals surface area contributed by atoms with E-state index in [4.69, 9.17) is 0 Å². The molecule has 1 aromatic rings. The van der Waals surface area contributed by atoms with Crippen LogP contribution in [0.5, 0.6) is 0 Å². The molecular weight excluding hydrogens is 334 g/mol. The van der Waals surface area contributed by atoms with Crippen molar-refractivity contribution in [1.29, 1.82) is 0 Å². The van der Waals surface area contributed by atoms with E-state index in [1.807, 2.05) is 12.4 Å². The highest BCUT2D eigenvalue weighted by molar-refractivity contribution is 4.89. The molecule has 0 aromatic carbocycles. The Labute approximate surface area is 165 Å². The lowest BCUT2D eigenvalue weighted by molar-refractivity contribution is 0.0904. The number of aromatic nitrogens is 2. The summed E-state index contributed by atoms with van der Waals surface area (Å²) in [6.45, 7) is 9.87. The van der Waals surface area contributed by atoms with Crippen LogP contribution in [0.2, 0.25) is 0 Å². The fraction of sp³-hybridized carbons (Fsp3) is 0.864. The average Bonchev–Trinajstić information content (AvgIpc) is 3.41. The van der Waals surface area contributed by atoms with E-state index < -0.39 is 0 Å². The first-order valence-corrected chi connectivity index (χ1v) is 11.5. The van der Waals surface area contributed by atoms with Gasteiger partial charge in [0.25, 0.3) is 0 Å². The maximum atomic E-state index is 4.50. The number of aromatic amines is 1. The Morgan fingerprint density at radius 2 is 1.85 bits per heavy atom. The van der Waals surface area contributed by atoms with Gasteiger partial charge < -0.3 is 14.8 Å². The van der Waals surface area contributed by atoms with Gasteiger partial charge in [0.05, 0.1) is 6.54 Å². The molecule has 0 amide bonds.